The fourth-order valence-electron chi connectivity index (χ4n) is 11.8. The molecule has 0 amide bonds. The van der Waals surface area contributed by atoms with Crippen LogP contribution in [0.2, 0.25) is 0 Å². The van der Waals surface area contributed by atoms with Crippen LogP contribution in [-0.2, 0) is 52.3 Å². The first-order valence-electron chi connectivity index (χ1n) is 16.3. The zero-order chi connectivity index (χ0) is 34.6. The summed E-state index contributed by atoms with van der Waals surface area (Å²) in [5.41, 5.74) is -9.28. The largest absolute Gasteiger partial charge is 0.469 e. The van der Waals surface area contributed by atoms with Gasteiger partial charge in [-0.15, -0.1) is 0 Å². The highest BCUT2D eigenvalue weighted by atomic mass is 16.7. The molecule has 4 N–H and O–H groups in total. The number of hydrogen-bond donors (Lipinski definition) is 4. The number of aliphatic hydroxyl groups excluding tert-OH is 2. The topological polar surface area (TPSA) is 209 Å². The van der Waals surface area contributed by atoms with Crippen molar-refractivity contribution < 1.29 is 72.7 Å². The molecular formula is C33H42O15. The van der Waals surface area contributed by atoms with Crippen LogP contribution in [0.3, 0.4) is 0 Å². The third-order valence-electron chi connectivity index (χ3n) is 13.9. The van der Waals surface area contributed by atoms with Crippen molar-refractivity contribution in [2.24, 2.45) is 34.0 Å². The van der Waals surface area contributed by atoms with Crippen molar-refractivity contribution in [3.63, 3.8) is 0 Å². The van der Waals surface area contributed by atoms with Crippen molar-refractivity contribution in [3.8, 4) is 0 Å². The van der Waals surface area contributed by atoms with E-state index in [0.717, 1.165) is 7.11 Å². The van der Waals surface area contributed by atoms with Gasteiger partial charge >= 0.3 is 17.9 Å². The zero-order valence-electron chi connectivity index (χ0n) is 27.5. The van der Waals surface area contributed by atoms with E-state index >= 15 is 0 Å². The molecule has 15 nitrogen and oxygen atoms in total. The molecule has 0 aromatic rings. The Labute approximate surface area is 276 Å². The molecule has 0 aromatic heterocycles. The second-order valence-corrected chi connectivity index (χ2v) is 15.2. The van der Waals surface area contributed by atoms with Crippen LogP contribution in [0.4, 0.5) is 0 Å². The zero-order valence-corrected chi connectivity index (χ0v) is 27.5. The molecule has 8 aliphatic rings. The van der Waals surface area contributed by atoms with Gasteiger partial charge in [0, 0.05) is 40.6 Å². The Morgan fingerprint density at radius 3 is 2.40 bits per heavy atom. The third-order valence-corrected chi connectivity index (χ3v) is 13.9. The molecule has 5 aliphatic heterocycles. The number of fused-ring (bicyclic) bond motifs is 7. The summed E-state index contributed by atoms with van der Waals surface area (Å²) in [6.45, 7) is 5.79. The first-order valence-corrected chi connectivity index (χ1v) is 16.3. The molecule has 0 aromatic carbocycles. The van der Waals surface area contributed by atoms with Gasteiger partial charge in [-0.25, -0.2) is 9.59 Å². The SMILES string of the molecule is C/C=C(\C)C(=O)O[C@H]1C[C@@H](O)[C@@]2(C(=O)OC)CO[C@H]3[C@@H]2C12CO[C@](O)(C(=O)OC)[C@H]2[C@](C)([C@]12O[C@@]1(C)[C@@H]1CC2O[C@@H]2OC=C[C@@]21O)[C@@H]3O. The standard InChI is InChI=1S/C33H42O15/c1-7-14(2)22(36)46-17-11-16(34)29(24(37)41-5)12-44-19-20(29)30(17)13-45-32(40,25(38)42-6)23(30)27(3,21(19)35)33-18-10-15(28(33,4)48-33)31(39)8-9-43-26(31)47-18/h7-9,15-21,23,26,34-35,39-40H,10-13H2,1-6H3/b14-7+/t15-,16+,17-,18?,19-,20-,21+,23-,26-,27+,28-,29-,30?,31-,32-,33-/m0/s1. The van der Waals surface area contributed by atoms with E-state index in [1.165, 1.54) is 19.4 Å². The van der Waals surface area contributed by atoms with Crippen molar-refractivity contribution in [1.29, 1.82) is 0 Å². The smallest absolute Gasteiger partial charge is 0.366 e. The van der Waals surface area contributed by atoms with Crippen LogP contribution < -0.4 is 0 Å². The number of aliphatic hydroxyl groups is 4. The lowest BCUT2D eigenvalue weighted by Crippen LogP contribution is -2.79. The number of carbonyl (C=O) groups excluding carboxylic acids is 3. The summed E-state index contributed by atoms with van der Waals surface area (Å²) >= 11 is 0. The van der Waals surface area contributed by atoms with E-state index in [1.54, 1.807) is 33.8 Å². The lowest BCUT2D eigenvalue weighted by molar-refractivity contribution is -0.314. The van der Waals surface area contributed by atoms with Crippen molar-refractivity contribution in [2.75, 3.05) is 27.4 Å². The quantitative estimate of drug-likeness (QED) is 0.122. The van der Waals surface area contributed by atoms with E-state index in [0.29, 0.717) is 0 Å². The van der Waals surface area contributed by atoms with Crippen LogP contribution in [-0.4, -0.2) is 125 Å². The molecular weight excluding hydrogens is 636 g/mol. The fourth-order valence-corrected chi connectivity index (χ4v) is 11.8. The van der Waals surface area contributed by atoms with Crippen molar-refractivity contribution in [3.05, 3.63) is 24.0 Å². The Bertz CT molecular complexity index is 1550. The average Bonchev–Trinajstić information content (AvgIpc) is 3.44. The summed E-state index contributed by atoms with van der Waals surface area (Å²) in [6, 6.07) is 0. The molecule has 7 fully saturated rings. The first kappa shape index (κ1) is 32.6. The summed E-state index contributed by atoms with van der Waals surface area (Å²) in [5, 5.41) is 48.9. The molecule has 1 spiro atoms. The molecule has 2 bridgehead atoms. The molecule has 2 unspecified atom stereocenters. The molecule has 16 atom stereocenters. The number of methoxy groups -OCH3 is 2. The lowest BCUT2D eigenvalue weighted by atomic mass is 9.37. The maximum absolute atomic E-state index is 13.8. The summed E-state index contributed by atoms with van der Waals surface area (Å²) in [4.78, 5) is 41.1. The van der Waals surface area contributed by atoms with Gasteiger partial charge in [-0.05, 0) is 33.3 Å². The van der Waals surface area contributed by atoms with Gasteiger partial charge in [0.2, 0.25) is 6.29 Å². The Hall–Kier alpha value is -2.63. The Balaban J connectivity index is 1.39. The normalized spacial score (nSPS) is 56.7. The first-order chi connectivity index (χ1) is 22.6. The van der Waals surface area contributed by atoms with E-state index in [9.17, 15) is 34.8 Å². The number of rotatable bonds is 5. The number of hydrogen-bond acceptors (Lipinski definition) is 15. The molecule has 5 heterocycles. The van der Waals surface area contributed by atoms with Gasteiger partial charge in [-0.3, -0.25) is 4.79 Å². The second-order valence-electron chi connectivity index (χ2n) is 15.2. The predicted octanol–water partition coefficient (Wildman–Crippen LogP) is -0.774. The van der Waals surface area contributed by atoms with Crippen LogP contribution >= 0.6 is 0 Å². The van der Waals surface area contributed by atoms with Gasteiger partial charge in [-0.2, -0.15) is 0 Å². The van der Waals surface area contributed by atoms with E-state index in [4.69, 9.17) is 37.9 Å². The molecule has 15 heteroatoms. The maximum atomic E-state index is 13.8. The summed E-state index contributed by atoms with van der Waals surface area (Å²) in [5.74, 6) is -8.86. The maximum Gasteiger partial charge on any atom is 0.366 e. The predicted molar refractivity (Wildman–Crippen MR) is 155 cm³/mol. The van der Waals surface area contributed by atoms with Crippen molar-refractivity contribution >= 4 is 17.9 Å². The number of ether oxygens (including phenoxy) is 8. The summed E-state index contributed by atoms with van der Waals surface area (Å²) < 4.78 is 47.7. The van der Waals surface area contributed by atoms with Crippen LogP contribution in [0.15, 0.2) is 24.0 Å². The molecule has 8 rings (SSSR count). The van der Waals surface area contributed by atoms with Crippen LogP contribution in [0.1, 0.15) is 40.5 Å². The Morgan fingerprint density at radius 2 is 1.73 bits per heavy atom. The minimum absolute atomic E-state index is 0.254. The second kappa shape index (κ2) is 9.57. The highest BCUT2D eigenvalue weighted by Gasteiger charge is 2.97. The van der Waals surface area contributed by atoms with E-state index in [-0.39, 0.29) is 25.0 Å². The third kappa shape index (κ3) is 3.14. The molecule has 0 radical (unpaired) electrons. The fraction of sp³-hybridized carbons (Fsp3) is 0.788. The molecule has 3 saturated carbocycles. The summed E-state index contributed by atoms with van der Waals surface area (Å²) in [6.07, 6.45) is -3.14. The molecule has 4 saturated heterocycles. The van der Waals surface area contributed by atoms with Crippen molar-refractivity contribution in [1.82, 2.24) is 0 Å². The van der Waals surface area contributed by atoms with Crippen molar-refractivity contribution in [2.45, 2.75) is 99.9 Å². The number of esters is 3. The van der Waals surface area contributed by atoms with Gasteiger partial charge in [0.1, 0.15) is 22.7 Å². The van der Waals surface area contributed by atoms with Gasteiger partial charge in [0.05, 0.1) is 58.1 Å². The minimum Gasteiger partial charge on any atom is -0.469 e. The van der Waals surface area contributed by atoms with Crippen LogP contribution in [0.25, 0.3) is 0 Å². The van der Waals surface area contributed by atoms with E-state index in [2.05, 4.69) is 0 Å². The number of epoxide rings is 1. The van der Waals surface area contributed by atoms with Gasteiger partial charge < -0.3 is 58.3 Å². The van der Waals surface area contributed by atoms with E-state index < -0.39 is 118 Å². The van der Waals surface area contributed by atoms with E-state index in [1.807, 2.05) is 0 Å². The van der Waals surface area contributed by atoms with Crippen LogP contribution in [0, 0.1) is 34.0 Å². The Kier molecular flexibility index (Phi) is 6.50. The Morgan fingerprint density at radius 1 is 1.02 bits per heavy atom. The van der Waals surface area contributed by atoms with Crippen LogP contribution in [0.5, 0.6) is 0 Å². The number of allylic oxidation sites excluding steroid dienone is 1. The highest BCUT2D eigenvalue weighted by Crippen LogP contribution is 2.82. The highest BCUT2D eigenvalue weighted by molar-refractivity contribution is 5.88. The minimum atomic E-state index is -2.79. The molecule has 48 heavy (non-hydrogen) atoms. The number of carbonyl (C=O) groups is 3. The van der Waals surface area contributed by atoms with Gasteiger partial charge in [0.25, 0.3) is 5.79 Å². The van der Waals surface area contributed by atoms with Gasteiger partial charge in [0.15, 0.2) is 5.60 Å². The molecule has 3 aliphatic carbocycles. The van der Waals surface area contributed by atoms with Gasteiger partial charge in [-0.1, -0.05) is 13.0 Å². The summed E-state index contributed by atoms with van der Waals surface area (Å²) in [7, 11) is 2.24. The average molecular weight is 679 g/mol. The lowest BCUT2D eigenvalue weighted by Gasteiger charge is -2.65. The molecule has 264 valence electrons. The monoisotopic (exact) mass is 678 g/mol.